The van der Waals surface area contributed by atoms with Gasteiger partial charge in [-0.05, 0) is 169 Å². The van der Waals surface area contributed by atoms with Crippen molar-refractivity contribution < 1.29 is 52.5 Å². The van der Waals surface area contributed by atoms with Crippen molar-refractivity contribution in [2.24, 2.45) is 5.73 Å². The van der Waals surface area contributed by atoms with E-state index in [9.17, 15) is 58.1 Å². The van der Waals surface area contributed by atoms with Crippen LogP contribution in [0.2, 0.25) is 26.4 Å². The van der Waals surface area contributed by atoms with Gasteiger partial charge in [-0.3, -0.25) is 40.5 Å². The van der Waals surface area contributed by atoms with E-state index < -0.39 is 55.0 Å². The molecular weight excluding hydrogens is 1620 g/mol. The second-order valence-electron chi connectivity index (χ2n) is 29.2. The largest absolute Gasteiger partial charge is 0.478 e. The molecule has 0 radical (unpaired) electrons. The lowest BCUT2D eigenvalue weighted by Crippen LogP contribution is -2.22. The molecule has 9 saturated carbocycles. The standard InChI is InChI=1S/C14H21N5O2.C14H23N5.C11H13N3O4S.C11H13N3O2S.C6H2Cl2FNO2.C5H3Cl2N3O2S.C4H12N2.C3H7BO2/c1-18(2)8-7-15-14-16-11(9-3-4-9)13(19(20)21)12(17-14)10-5-6-10;1-19(2)8-7-16-14-17-12(9-3-4-9)11(15)13(18-14)10-5-6-10;1-19(17,18)11-12-8(6-2-3-6)10(14(15)16)9(13-11)7-4-5-7;1-17-11-12-8(6-2-3-6)10(14(15)16)9(13-11)7-4-5-7;7-4-2(6(11)12)1-3(9)5(8)10-4;1-13-5-8-3(6)2(10(11)12)4(7)9-5;1-6(2)4-3-5;5-4(6)3-1-2-3/h9-10H,3-8H2,1-2H3,(H,15,16,17);9-10H,3-8,15H2,1-2H3,(H,16,17,18);6-7H,2-5H2,1H3;6-7H,2-5H2,1H3;1H,(H,11,12);1H3;3-5H2,1-2H3;3,5-6H,1-2H2. The highest BCUT2D eigenvalue weighted by molar-refractivity contribution is 7.98. The van der Waals surface area contributed by atoms with Crippen LogP contribution in [0.4, 0.5) is 44.7 Å². The van der Waals surface area contributed by atoms with E-state index in [0.29, 0.717) is 74.1 Å². The first-order valence-electron chi connectivity index (χ1n) is 36.7. The fourth-order valence-electron chi connectivity index (χ4n) is 10.7. The Kier molecular flexibility index (Phi) is 33.4. The quantitative estimate of drug-likeness (QED) is 0.00479. The van der Waals surface area contributed by atoms with Crippen LogP contribution >= 0.6 is 69.9 Å². The lowest BCUT2D eigenvalue weighted by atomic mass is 9.84. The van der Waals surface area contributed by atoms with Gasteiger partial charge in [-0.1, -0.05) is 82.8 Å². The van der Waals surface area contributed by atoms with Crippen molar-refractivity contribution in [3.05, 3.63) is 124 Å². The van der Waals surface area contributed by atoms with E-state index in [1.165, 1.54) is 49.2 Å². The third kappa shape index (κ3) is 28.5. The van der Waals surface area contributed by atoms with Crippen molar-refractivity contribution in [2.75, 3.05) is 117 Å². The summed E-state index contributed by atoms with van der Waals surface area (Å²) in [6.07, 6.45) is 22.9. The highest BCUT2D eigenvalue weighted by atomic mass is 35.5. The number of nitrogen functional groups attached to an aromatic ring is 1. The third-order valence-electron chi connectivity index (χ3n) is 18.1. The van der Waals surface area contributed by atoms with E-state index in [1.807, 2.05) is 34.4 Å². The third-order valence-corrected chi connectivity index (χ3v) is 21.1. The Bertz CT molecular complexity index is 4350. The summed E-state index contributed by atoms with van der Waals surface area (Å²) < 4.78 is 35.8. The van der Waals surface area contributed by atoms with Gasteiger partial charge in [0.05, 0.1) is 42.3 Å². The number of thioether (sulfide) groups is 2. The van der Waals surface area contributed by atoms with Crippen molar-refractivity contribution in [3.63, 3.8) is 0 Å². The minimum absolute atomic E-state index is 0.0152. The molecule has 0 atom stereocenters. The average molecular weight is 1710 g/mol. The maximum atomic E-state index is 12.6. The molecule has 0 bridgehead atoms. The summed E-state index contributed by atoms with van der Waals surface area (Å²) in [4.78, 5) is 105. The van der Waals surface area contributed by atoms with Crippen LogP contribution in [-0.2, 0) is 9.84 Å². The van der Waals surface area contributed by atoms with E-state index in [4.69, 9.17) is 73.0 Å². The van der Waals surface area contributed by atoms with Crippen molar-refractivity contribution in [1.82, 2.24) is 69.5 Å². The Morgan fingerprint density at radius 1 is 0.504 bits per heavy atom. The van der Waals surface area contributed by atoms with Crippen LogP contribution in [0, 0.1) is 46.3 Å². The summed E-state index contributed by atoms with van der Waals surface area (Å²) in [6.45, 7) is 5.19. The Balaban J connectivity index is 0.000000166. The molecule has 0 unspecified atom stereocenters. The Labute approximate surface area is 681 Å². The van der Waals surface area contributed by atoms with E-state index in [0.717, 1.165) is 165 Å². The number of carboxylic acids is 1. The van der Waals surface area contributed by atoms with Crippen LogP contribution in [0.3, 0.4) is 0 Å². The average Bonchev–Trinajstić information content (AvgIpc) is 1.59. The predicted octanol–water partition coefficient (Wildman–Crippen LogP) is 12.1. The molecule has 0 aliphatic heterocycles. The summed E-state index contributed by atoms with van der Waals surface area (Å²) >= 11 is 24.3. The highest BCUT2D eigenvalue weighted by Crippen LogP contribution is 2.53. The first-order valence-corrected chi connectivity index (χ1v) is 42.5. The minimum Gasteiger partial charge on any atom is -0.478 e. The summed E-state index contributed by atoms with van der Waals surface area (Å²) in [5.41, 5.74) is 17.2. The SMILES string of the molecule is CN(C)CCN.CN(C)CCNc1nc(C2CC2)c(N)c(C2CC2)n1.CN(C)CCNc1nc(C2CC2)c([N+](=O)[O-])c(C2CC2)n1.CS(=O)(=O)c1nc(C2CC2)c([N+](=O)[O-])c(C2CC2)n1.CSc1nc(C2CC2)c([N+](=O)[O-])c(C2CC2)n1.CSc1nc(Cl)c([N+](=O)[O-])c(Cl)n1.O=C(O)c1cc(F)c(Cl)nc1Cl.OB(O)C1CC1. The van der Waals surface area contributed by atoms with Crippen LogP contribution in [0.25, 0.3) is 0 Å². The van der Waals surface area contributed by atoms with Crippen LogP contribution in [0.15, 0.2) is 21.5 Å². The number of aromatic nitrogens is 11. The number of pyridine rings is 1. The first kappa shape index (κ1) is 91.1. The Morgan fingerprint density at radius 3 is 1.05 bits per heavy atom. The van der Waals surface area contributed by atoms with E-state index in [2.05, 4.69) is 94.3 Å². The number of anilines is 3. The van der Waals surface area contributed by atoms with E-state index in [-0.39, 0.29) is 77.0 Å². The van der Waals surface area contributed by atoms with Crippen molar-refractivity contribution in [2.45, 2.75) is 184 Å². The number of nitrogens with two attached hydrogens (primary N) is 2. The van der Waals surface area contributed by atoms with Gasteiger partial charge in [0, 0.05) is 92.9 Å². The van der Waals surface area contributed by atoms with Gasteiger partial charge in [-0.2, -0.15) is 0 Å². The molecule has 36 nitrogen and oxygen atoms in total. The summed E-state index contributed by atoms with van der Waals surface area (Å²) in [7, 11) is 7.57. The molecule has 15 rings (SSSR count). The number of nitrogens with one attached hydrogen (secondary N) is 2. The number of nitrogens with zero attached hydrogens (tertiary/aromatic N) is 18. The number of likely N-dealkylation sites (N-methyl/N-ethyl adjacent to an activating group) is 3. The van der Waals surface area contributed by atoms with Gasteiger partial charge in [0.1, 0.15) is 39.3 Å². The fourth-order valence-corrected chi connectivity index (χ4v) is 13.0. The van der Waals surface area contributed by atoms with Gasteiger partial charge in [0.2, 0.25) is 37.2 Å². The molecule has 0 amide bonds. The van der Waals surface area contributed by atoms with Gasteiger partial charge in [0.15, 0.2) is 21.3 Å². The number of sulfone groups is 1. The van der Waals surface area contributed by atoms with Gasteiger partial charge in [0.25, 0.3) is 0 Å². The second-order valence-corrected chi connectivity index (χ2v) is 34.1. The van der Waals surface area contributed by atoms with Crippen LogP contribution in [-0.4, -0.2) is 226 Å². The zero-order valence-electron chi connectivity index (χ0n) is 64.0. The maximum Gasteiger partial charge on any atom is 0.454 e. The second kappa shape index (κ2) is 41.4. The number of halogens is 5. The van der Waals surface area contributed by atoms with Crippen LogP contribution in [0.1, 0.15) is 219 Å². The summed E-state index contributed by atoms with van der Waals surface area (Å²) in [5, 5.41) is 75.2. The molecule has 0 saturated heterocycles. The molecule has 6 aromatic rings. The van der Waals surface area contributed by atoms with Gasteiger partial charge in [-0.25, -0.2) is 72.4 Å². The van der Waals surface area contributed by atoms with Gasteiger partial charge in [-0.15, -0.1) is 0 Å². The maximum absolute atomic E-state index is 12.6. The van der Waals surface area contributed by atoms with Gasteiger partial charge >= 0.3 is 35.8 Å². The fraction of sp³-hybridized carbons (Fsp3) is 0.618. The smallest absolute Gasteiger partial charge is 0.454 e. The van der Waals surface area contributed by atoms with Crippen LogP contribution < -0.4 is 22.1 Å². The lowest BCUT2D eigenvalue weighted by molar-refractivity contribution is -0.387. The Hall–Kier alpha value is -7.42. The molecule has 113 heavy (non-hydrogen) atoms. The molecule has 45 heteroatoms. The van der Waals surface area contributed by atoms with Gasteiger partial charge < -0.3 is 52.0 Å². The summed E-state index contributed by atoms with van der Waals surface area (Å²) in [6, 6.07) is 0.722. The lowest BCUT2D eigenvalue weighted by Gasteiger charge is -2.14. The molecule has 6 heterocycles. The minimum atomic E-state index is -3.55. The first-order chi connectivity index (χ1) is 53.4. The van der Waals surface area contributed by atoms with E-state index in [1.54, 1.807) is 6.26 Å². The van der Waals surface area contributed by atoms with Crippen LogP contribution in [0.5, 0.6) is 0 Å². The molecular formula is C68H94BCl4FN22O14S3. The summed E-state index contributed by atoms with van der Waals surface area (Å²) in [5.74, 6) is 1.55. The predicted molar refractivity (Wildman–Crippen MR) is 430 cm³/mol. The zero-order chi connectivity index (χ0) is 83.0. The topological polar surface area (TPSA) is 512 Å². The van der Waals surface area contributed by atoms with E-state index >= 15 is 0 Å². The molecule has 9 N–H and O–H groups in total. The number of hydrogen-bond acceptors (Lipinski definition) is 33. The molecule has 9 aliphatic rings. The molecule has 616 valence electrons. The molecule has 9 aliphatic carbocycles. The molecule has 0 aromatic carbocycles. The van der Waals surface area contributed by atoms with Crippen molar-refractivity contribution in [3.8, 4) is 0 Å². The van der Waals surface area contributed by atoms with Crippen molar-refractivity contribution in [1.29, 1.82) is 0 Å². The molecule has 6 aromatic heterocycles. The number of hydrogen-bond donors (Lipinski definition) is 7. The number of rotatable bonds is 27. The number of carboxylic acid groups (broad SMARTS) is 1. The number of nitro groups is 4. The molecule has 9 fully saturated rings. The number of carbonyl (C=O) groups is 1. The monoisotopic (exact) mass is 1710 g/mol. The molecule has 0 spiro atoms. The van der Waals surface area contributed by atoms with Crippen molar-refractivity contribution >= 4 is 133 Å². The highest BCUT2D eigenvalue weighted by Gasteiger charge is 2.45. The Morgan fingerprint density at radius 2 is 0.805 bits per heavy atom. The normalized spacial score (nSPS) is 16.6. The number of aromatic carboxylic acids is 1. The zero-order valence-corrected chi connectivity index (χ0v) is 69.4.